The van der Waals surface area contributed by atoms with Gasteiger partial charge in [-0.25, -0.2) is 0 Å². The second kappa shape index (κ2) is 3.81. The van der Waals surface area contributed by atoms with Gasteiger partial charge in [0.2, 0.25) is 0 Å². The van der Waals surface area contributed by atoms with Gasteiger partial charge < -0.3 is 10.5 Å². The van der Waals surface area contributed by atoms with Crippen LogP contribution >= 0.6 is 15.9 Å². The molecule has 3 heteroatoms. The molecule has 1 saturated carbocycles. The molecule has 1 heterocycles. The Labute approximate surface area is 111 Å². The smallest absolute Gasteiger partial charge is 0.0591 e. The summed E-state index contributed by atoms with van der Waals surface area (Å²) in [5.74, 6) is 0. The van der Waals surface area contributed by atoms with E-state index in [1.807, 2.05) is 0 Å². The van der Waals surface area contributed by atoms with Crippen molar-refractivity contribution in [3.8, 4) is 0 Å². The fourth-order valence-electron chi connectivity index (χ4n) is 3.19. The summed E-state index contributed by atoms with van der Waals surface area (Å²) in [5.41, 5.74) is 9.29. The Balaban J connectivity index is 2.09. The van der Waals surface area contributed by atoms with Crippen LogP contribution in [0.1, 0.15) is 24.0 Å². The van der Waals surface area contributed by atoms with Crippen LogP contribution in [0.2, 0.25) is 0 Å². The van der Waals surface area contributed by atoms with Crippen LogP contribution in [-0.2, 0) is 10.2 Å². The standard InChI is InChI=1S/C14H18BrNO/c1-10-2-3-11(15)6-12(10)14(8-17-9-14)13(7-16)4-5-13/h2-3,6H,4-5,7-9,16H2,1H3. The zero-order valence-electron chi connectivity index (χ0n) is 10.1. The molecule has 17 heavy (non-hydrogen) atoms. The number of halogens is 1. The molecule has 1 aromatic rings. The lowest BCUT2D eigenvalue weighted by Crippen LogP contribution is -2.56. The number of benzene rings is 1. The molecule has 0 bridgehead atoms. The lowest BCUT2D eigenvalue weighted by atomic mass is 9.65. The molecule has 1 aliphatic carbocycles. The number of ether oxygens (including phenoxy) is 1. The molecule has 0 amide bonds. The molecule has 1 aliphatic heterocycles. The molecule has 2 nitrogen and oxygen atoms in total. The Morgan fingerprint density at radius 1 is 1.35 bits per heavy atom. The summed E-state index contributed by atoms with van der Waals surface area (Å²) < 4.78 is 6.70. The Kier molecular flexibility index (Phi) is 2.62. The molecule has 0 unspecified atom stereocenters. The van der Waals surface area contributed by atoms with Gasteiger partial charge in [0.05, 0.1) is 13.2 Å². The van der Waals surface area contributed by atoms with Crippen molar-refractivity contribution in [2.24, 2.45) is 11.1 Å². The third kappa shape index (κ3) is 1.52. The van der Waals surface area contributed by atoms with Crippen molar-refractivity contribution >= 4 is 15.9 Å². The van der Waals surface area contributed by atoms with E-state index in [0.717, 1.165) is 24.2 Å². The van der Waals surface area contributed by atoms with Crippen molar-refractivity contribution in [1.29, 1.82) is 0 Å². The first kappa shape index (κ1) is 11.7. The molecule has 1 aromatic carbocycles. The second-order valence-electron chi connectivity index (χ2n) is 5.52. The van der Waals surface area contributed by atoms with E-state index in [9.17, 15) is 0 Å². The highest BCUT2D eigenvalue weighted by molar-refractivity contribution is 9.10. The van der Waals surface area contributed by atoms with Gasteiger partial charge in [0.1, 0.15) is 0 Å². The molecule has 2 N–H and O–H groups in total. The molecule has 92 valence electrons. The van der Waals surface area contributed by atoms with Crippen LogP contribution in [0.15, 0.2) is 22.7 Å². The third-order valence-corrected chi connectivity index (χ3v) is 5.16. The van der Waals surface area contributed by atoms with E-state index < -0.39 is 0 Å². The maximum absolute atomic E-state index is 6.02. The maximum atomic E-state index is 6.02. The van der Waals surface area contributed by atoms with Gasteiger partial charge in [0.25, 0.3) is 0 Å². The number of hydrogen-bond acceptors (Lipinski definition) is 2. The van der Waals surface area contributed by atoms with Gasteiger partial charge in [-0.3, -0.25) is 0 Å². The van der Waals surface area contributed by atoms with Gasteiger partial charge in [0.15, 0.2) is 0 Å². The summed E-state index contributed by atoms with van der Waals surface area (Å²) in [6.07, 6.45) is 2.50. The fourth-order valence-corrected chi connectivity index (χ4v) is 3.55. The molecule has 1 saturated heterocycles. The Hall–Kier alpha value is -0.380. The van der Waals surface area contributed by atoms with Gasteiger partial charge in [-0.15, -0.1) is 0 Å². The molecular weight excluding hydrogens is 278 g/mol. The minimum atomic E-state index is 0.176. The van der Waals surface area contributed by atoms with Crippen LogP contribution in [-0.4, -0.2) is 19.8 Å². The molecule has 0 atom stereocenters. The number of aryl methyl sites for hydroxylation is 1. The average molecular weight is 296 g/mol. The highest BCUT2D eigenvalue weighted by Gasteiger charge is 2.63. The number of nitrogens with two attached hydrogens (primary N) is 1. The van der Waals surface area contributed by atoms with E-state index >= 15 is 0 Å². The van der Waals surface area contributed by atoms with Crippen molar-refractivity contribution in [3.63, 3.8) is 0 Å². The number of rotatable bonds is 3. The molecule has 2 aliphatic rings. The quantitative estimate of drug-likeness (QED) is 0.931. The van der Waals surface area contributed by atoms with Crippen molar-refractivity contribution < 1.29 is 4.74 Å². The molecule has 2 fully saturated rings. The summed E-state index contributed by atoms with van der Waals surface area (Å²) in [4.78, 5) is 0. The molecular formula is C14H18BrNO. The van der Waals surface area contributed by atoms with Crippen molar-refractivity contribution in [1.82, 2.24) is 0 Å². The Morgan fingerprint density at radius 2 is 2.06 bits per heavy atom. The Bertz CT molecular complexity index is 450. The van der Waals surface area contributed by atoms with E-state index in [-0.39, 0.29) is 5.41 Å². The lowest BCUT2D eigenvalue weighted by molar-refractivity contribution is -0.0976. The summed E-state index contributed by atoms with van der Waals surface area (Å²) in [5, 5.41) is 0. The van der Waals surface area contributed by atoms with E-state index in [0.29, 0.717) is 5.41 Å². The van der Waals surface area contributed by atoms with Gasteiger partial charge in [-0.1, -0.05) is 22.0 Å². The first-order valence-electron chi connectivity index (χ1n) is 6.18. The molecule has 0 radical (unpaired) electrons. The monoisotopic (exact) mass is 295 g/mol. The predicted octanol–water partition coefficient (Wildman–Crippen LogP) is 2.76. The molecule has 0 spiro atoms. The van der Waals surface area contributed by atoms with E-state index in [2.05, 4.69) is 41.1 Å². The van der Waals surface area contributed by atoms with Gasteiger partial charge in [-0.05, 0) is 55.0 Å². The van der Waals surface area contributed by atoms with Crippen LogP contribution < -0.4 is 5.73 Å². The second-order valence-corrected chi connectivity index (χ2v) is 6.43. The summed E-state index contributed by atoms with van der Waals surface area (Å²) >= 11 is 3.58. The predicted molar refractivity (Wildman–Crippen MR) is 72.1 cm³/mol. The minimum Gasteiger partial charge on any atom is -0.379 e. The average Bonchev–Trinajstić information content (AvgIpc) is 3.03. The third-order valence-electron chi connectivity index (χ3n) is 4.67. The van der Waals surface area contributed by atoms with Crippen LogP contribution in [0.3, 0.4) is 0 Å². The van der Waals surface area contributed by atoms with E-state index in [4.69, 9.17) is 10.5 Å². The minimum absolute atomic E-state index is 0.176. The normalized spacial score (nSPS) is 24.2. The van der Waals surface area contributed by atoms with Gasteiger partial charge in [-0.2, -0.15) is 0 Å². The van der Waals surface area contributed by atoms with Crippen LogP contribution in [0.5, 0.6) is 0 Å². The summed E-state index contributed by atoms with van der Waals surface area (Å²) in [6.45, 7) is 4.64. The molecule has 3 rings (SSSR count). The van der Waals surface area contributed by atoms with Crippen molar-refractivity contribution in [3.05, 3.63) is 33.8 Å². The van der Waals surface area contributed by atoms with Gasteiger partial charge >= 0.3 is 0 Å². The van der Waals surface area contributed by atoms with Crippen molar-refractivity contribution in [2.75, 3.05) is 19.8 Å². The first-order chi connectivity index (χ1) is 8.13. The highest BCUT2D eigenvalue weighted by atomic mass is 79.9. The zero-order chi connectivity index (χ0) is 12.1. The zero-order valence-corrected chi connectivity index (χ0v) is 11.7. The SMILES string of the molecule is Cc1ccc(Br)cc1C1(C2(CN)CC2)COC1. The first-order valence-corrected chi connectivity index (χ1v) is 6.97. The Morgan fingerprint density at radius 3 is 2.53 bits per heavy atom. The fraction of sp³-hybridized carbons (Fsp3) is 0.571. The number of hydrogen-bond donors (Lipinski definition) is 1. The van der Waals surface area contributed by atoms with E-state index in [1.54, 1.807) is 0 Å². The van der Waals surface area contributed by atoms with Crippen LogP contribution in [0.25, 0.3) is 0 Å². The van der Waals surface area contributed by atoms with E-state index in [1.165, 1.54) is 24.0 Å². The highest BCUT2D eigenvalue weighted by Crippen LogP contribution is 2.62. The lowest BCUT2D eigenvalue weighted by Gasteiger charge is -2.49. The summed E-state index contributed by atoms with van der Waals surface area (Å²) in [6, 6.07) is 6.55. The molecule has 0 aromatic heterocycles. The van der Waals surface area contributed by atoms with Gasteiger partial charge in [0, 0.05) is 9.89 Å². The topological polar surface area (TPSA) is 35.2 Å². The maximum Gasteiger partial charge on any atom is 0.0591 e. The summed E-state index contributed by atoms with van der Waals surface area (Å²) in [7, 11) is 0. The largest absolute Gasteiger partial charge is 0.379 e. The van der Waals surface area contributed by atoms with Crippen LogP contribution in [0.4, 0.5) is 0 Å². The van der Waals surface area contributed by atoms with Crippen LogP contribution in [0, 0.1) is 12.3 Å². The van der Waals surface area contributed by atoms with Crippen molar-refractivity contribution in [2.45, 2.75) is 25.2 Å².